The van der Waals surface area contributed by atoms with Gasteiger partial charge in [0.2, 0.25) is 5.91 Å². The van der Waals surface area contributed by atoms with Gasteiger partial charge < -0.3 is 9.80 Å². The second-order valence-electron chi connectivity index (χ2n) is 5.86. The van der Waals surface area contributed by atoms with Crippen LogP contribution in [0, 0.1) is 5.41 Å². The second-order valence-corrected chi connectivity index (χ2v) is 6.26. The van der Waals surface area contributed by atoms with Gasteiger partial charge in [-0.05, 0) is 6.07 Å². The fourth-order valence-electron chi connectivity index (χ4n) is 2.25. The number of anilines is 1. The van der Waals surface area contributed by atoms with Crippen LogP contribution in [0.15, 0.2) is 18.5 Å². The molecule has 0 N–H and O–H groups in total. The Hall–Kier alpha value is -1.29. The molecular weight excluding hydrogens is 262 g/mol. The van der Waals surface area contributed by atoms with E-state index >= 15 is 0 Å². The fraction of sp³-hybridized carbons (Fsp3) is 0.571. The first kappa shape index (κ1) is 14.1. The number of halogens is 1. The Bertz CT molecular complexity index is 462. The summed E-state index contributed by atoms with van der Waals surface area (Å²) >= 11 is 6.14. The first-order chi connectivity index (χ1) is 8.89. The highest BCUT2D eigenvalue weighted by molar-refractivity contribution is 6.33. The van der Waals surface area contributed by atoms with Crippen LogP contribution in [-0.4, -0.2) is 42.0 Å². The molecule has 0 bridgehead atoms. The smallest absolute Gasteiger partial charge is 0.228 e. The van der Waals surface area contributed by atoms with Gasteiger partial charge in [0.1, 0.15) is 0 Å². The number of amides is 1. The molecule has 1 aromatic heterocycles. The minimum absolute atomic E-state index is 0.216. The van der Waals surface area contributed by atoms with E-state index in [2.05, 4.69) is 9.88 Å². The molecule has 2 heterocycles. The predicted octanol–water partition coefficient (Wildman–Crippen LogP) is 2.43. The lowest BCUT2D eigenvalue weighted by atomic mass is 9.94. The fourth-order valence-corrected chi connectivity index (χ4v) is 2.49. The zero-order valence-corrected chi connectivity index (χ0v) is 12.4. The van der Waals surface area contributed by atoms with Crippen molar-refractivity contribution in [3.05, 3.63) is 23.5 Å². The number of nitrogens with zero attached hydrogens (tertiary/aromatic N) is 3. The molecule has 0 saturated carbocycles. The summed E-state index contributed by atoms with van der Waals surface area (Å²) < 4.78 is 0. The third-order valence-corrected chi connectivity index (χ3v) is 3.59. The number of hydrogen-bond donors (Lipinski definition) is 0. The Kier molecular flexibility index (Phi) is 3.99. The van der Waals surface area contributed by atoms with E-state index < -0.39 is 0 Å². The van der Waals surface area contributed by atoms with E-state index in [9.17, 15) is 4.79 Å². The van der Waals surface area contributed by atoms with Crippen molar-refractivity contribution in [1.29, 1.82) is 0 Å². The number of rotatable bonds is 1. The van der Waals surface area contributed by atoms with Gasteiger partial charge in [-0.1, -0.05) is 32.4 Å². The standard InChI is InChI=1S/C14H20ClN3O/c1-14(2,3)13(19)18-8-6-17(7-9-18)12-4-5-16-10-11(12)15/h4-5,10H,6-9H2,1-3H3. The summed E-state index contributed by atoms with van der Waals surface area (Å²) in [6.45, 7) is 8.99. The molecule has 0 aliphatic carbocycles. The third kappa shape index (κ3) is 3.18. The van der Waals surface area contributed by atoms with Crippen molar-refractivity contribution in [3.63, 3.8) is 0 Å². The van der Waals surface area contributed by atoms with Gasteiger partial charge in [-0.15, -0.1) is 0 Å². The largest absolute Gasteiger partial charge is 0.367 e. The average molecular weight is 282 g/mol. The van der Waals surface area contributed by atoms with Crippen LogP contribution in [0.3, 0.4) is 0 Å². The predicted molar refractivity (Wildman–Crippen MR) is 77.5 cm³/mol. The Morgan fingerprint density at radius 3 is 2.42 bits per heavy atom. The van der Waals surface area contributed by atoms with Gasteiger partial charge in [0.25, 0.3) is 0 Å². The highest BCUT2D eigenvalue weighted by atomic mass is 35.5. The summed E-state index contributed by atoms with van der Waals surface area (Å²) in [6, 6.07) is 1.92. The lowest BCUT2D eigenvalue weighted by Crippen LogP contribution is -2.51. The van der Waals surface area contributed by atoms with Crippen molar-refractivity contribution in [1.82, 2.24) is 9.88 Å². The number of pyridine rings is 1. The molecule has 0 atom stereocenters. The number of carbonyl (C=O) groups is 1. The minimum Gasteiger partial charge on any atom is -0.367 e. The van der Waals surface area contributed by atoms with Crippen LogP contribution >= 0.6 is 11.6 Å². The highest BCUT2D eigenvalue weighted by Crippen LogP contribution is 2.26. The zero-order chi connectivity index (χ0) is 14.0. The molecule has 2 rings (SSSR count). The first-order valence-corrected chi connectivity index (χ1v) is 6.91. The molecule has 0 unspecified atom stereocenters. The number of aromatic nitrogens is 1. The number of piperazine rings is 1. The molecule has 0 spiro atoms. The summed E-state index contributed by atoms with van der Waals surface area (Å²) in [7, 11) is 0. The van der Waals surface area contributed by atoms with Crippen molar-refractivity contribution in [2.75, 3.05) is 31.1 Å². The van der Waals surface area contributed by atoms with E-state index in [0.29, 0.717) is 5.02 Å². The molecule has 0 aromatic carbocycles. The number of hydrogen-bond acceptors (Lipinski definition) is 3. The van der Waals surface area contributed by atoms with Gasteiger partial charge in [0.05, 0.1) is 10.7 Å². The molecule has 1 aliphatic heterocycles. The SMILES string of the molecule is CC(C)(C)C(=O)N1CCN(c2ccncc2Cl)CC1. The van der Waals surface area contributed by atoms with Crippen LogP contribution in [0.1, 0.15) is 20.8 Å². The second kappa shape index (κ2) is 5.37. The first-order valence-electron chi connectivity index (χ1n) is 6.53. The maximum atomic E-state index is 12.2. The quantitative estimate of drug-likeness (QED) is 0.793. The zero-order valence-electron chi connectivity index (χ0n) is 11.7. The molecule has 1 saturated heterocycles. The van der Waals surface area contributed by atoms with Gasteiger partial charge in [0.15, 0.2) is 0 Å². The van der Waals surface area contributed by atoms with Crippen LogP contribution in [0.25, 0.3) is 0 Å². The molecule has 1 fully saturated rings. The lowest BCUT2D eigenvalue weighted by Gasteiger charge is -2.38. The van der Waals surface area contributed by atoms with Crippen molar-refractivity contribution >= 4 is 23.2 Å². The van der Waals surface area contributed by atoms with Crippen molar-refractivity contribution in [3.8, 4) is 0 Å². The van der Waals surface area contributed by atoms with Gasteiger partial charge >= 0.3 is 0 Å². The van der Waals surface area contributed by atoms with Gasteiger partial charge in [-0.2, -0.15) is 0 Å². The Morgan fingerprint density at radius 2 is 1.89 bits per heavy atom. The molecule has 1 aromatic rings. The van der Waals surface area contributed by atoms with Crippen LogP contribution in [-0.2, 0) is 4.79 Å². The van der Waals surface area contributed by atoms with Crippen molar-refractivity contribution < 1.29 is 4.79 Å². The number of carbonyl (C=O) groups excluding carboxylic acids is 1. The van der Waals surface area contributed by atoms with Gasteiger partial charge in [-0.25, -0.2) is 0 Å². The van der Waals surface area contributed by atoms with E-state index in [0.717, 1.165) is 31.9 Å². The van der Waals surface area contributed by atoms with Crippen molar-refractivity contribution in [2.24, 2.45) is 5.41 Å². The van der Waals surface area contributed by atoms with E-state index in [1.165, 1.54) is 0 Å². The van der Waals surface area contributed by atoms with E-state index in [-0.39, 0.29) is 11.3 Å². The monoisotopic (exact) mass is 281 g/mol. The van der Waals surface area contributed by atoms with E-state index in [1.807, 2.05) is 31.7 Å². The Labute approximate surface area is 119 Å². The van der Waals surface area contributed by atoms with Crippen LogP contribution in [0.5, 0.6) is 0 Å². The summed E-state index contributed by atoms with van der Waals surface area (Å²) in [5.41, 5.74) is 0.691. The van der Waals surface area contributed by atoms with E-state index in [4.69, 9.17) is 11.6 Å². The summed E-state index contributed by atoms with van der Waals surface area (Å²) in [5.74, 6) is 0.216. The van der Waals surface area contributed by atoms with Crippen LogP contribution in [0.4, 0.5) is 5.69 Å². The molecule has 19 heavy (non-hydrogen) atoms. The highest BCUT2D eigenvalue weighted by Gasteiger charge is 2.29. The maximum absolute atomic E-state index is 12.2. The summed E-state index contributed by atoms with van der Waals surface area (Å²) in [5, 5.41) is 0.665. The van der Waals surface area contributed by atoms with Gasteiger partial charge in [0, 0.05) is 44.0 Å². The molecule has 1 aliphatic rings. The van der Waals surface area contributed by atoms with E-state index in [1.54, 1.807) is 12.4 Å². The van der Waals surface area contributed by atoms with Gasteiger partial charge in [-0.3, -0.25) is 9.78 Å². The van der Waals surface area contributed by atoms with Crippen molar-refractivity contribution in [2.45, 2.75) is 20.8 Å². The molecule has 0 radical (unpaired) electrons. The molecule has 5 heteroatoms. The summed E-state index contributed by atoms with van der Waals surface area (Å²) in [4.78, 5) is 20.3. The lowest BCUT2D eigenvalue weighted by molar-refractivity contribution is -0.139. The minimum atomic E-state index is -0.309. The maximum Gasteiger partial charge on any atom is 0.228 e. The molecule has 4 nitrogen and oxygen atoms in total. The normalized spacial score (nSPS) is 16.6. The molecule has 104 valence electrons. The average Bonchev–Trinajstić information content (AvgIpc) is 2.38. The topological polar surface area (TPSA) is 36.4 Å². The Morgan fingerprint density at radius 1 is 1.26 bits per heavy atom. The Balaban J connectivity index is 2.00. The van der Waals surface area contributed by atoms with Crippen LogP contribution in [0.2, 0.25) is 5.02 Å². The van der Waals surface area contributed by atoms with Crippen LogP contribution < -0.4 is 4.90 Å². The summed E-state index contributed by atoms with van der Waals surface area (Å²) in [6.07, 6.45) is 3.40. The molecular formula is C14H20ClN3O. The molecule has 1 amide bonds. The third-order valence-electron chi connectivity index (χ3n) is 3.30.